The van der Waals surface area contributed by atoms with Crippen molar-refractivity contribution in [2.24, 2.45) is 0 Å². The van der Waals surface area contributed by atoms with Gasteiger partial charge in [-0.3, -0.25) is 0 Å². The molecule has 0 saturated heterocycles. The van der Waals surface area contributed by atoms with E-state index >= 15 is 0 Å². The smallest absolute Gasteiger partial charge is 0.223 e. The fourth-order valence-corrected chi connectivity index (χ4v) is 4.00. The van der Waals surface area contributed by atoms with Gasteiger partial charge in [-0.15, -0.1) is 0 Å². The van der Waals surface area contributed by atoms with E-state index in [2.05, 4.69) is 14.9 Å². The van der Waals surface area contributed by atoms with Crippen LogP contribution < -0.4 is 5.32 Å². The second-order valence-corrected chi connectivity index (χ2v) is 7.51. The SMILES string of the molecule is OC[C@H]1CCc2nc(-c3ccc(F)cc3)c(-c3ccnc(NC4CCC4)n3)n21. The minimum Gasteiger partial charge on any atom is -0.394 e. The van der Waals surface area contributed by atoms with Crippen LogP contribution in [0, 0.1) is 5.82 Å². The van der Waals surface area contributed by atoms with E-state index in [1.54, 1.807) is 18.3 Å². The van der Waals surface area contributed by atoms with Crippen molar-refractivity contribution in [2.75, 3.05) is 11.9 Å². The molecule has 3 aromatic rings. The molecule has 0 bridgehead atoms. The Morgan fingerprint density at radius 1 is 1.11 bits per heavy atom. The number of halogens is 1. The minimum absolute atomic E-state index is 0.0234. The van der Waals surface area contributed by atoms with E-state index in [9.17, 15) is 9.50 Å². The molecule has 28 heavy (non-hydrogen) atoms. The van der Waals surface area contributed by atoms with Crippen molar-refractivity contribution >= 4 is 5.95 Å². The van der Waals surface area contributed by atoms with Crippen molar-refractivity contribution in [3.63, 3.8) is 0 Å². The zero-order chi connectivity index (χ0) is 19.1. The number of hydrogen-bond acceptors (Lipinski definition) is 5. The first-order valence-corrected chi connectivity index (χ1v) is 9.81. The fourth-order valence-electron chi connectivity index (χ4n) is 4.00. The second kappa shape index (κ2) is 6.98. The molecule has 0 spiro atoms. The number of aryl methyl sites for hydroxylation is 1. The number of aliphatic hydroxyl groups excluding tert-OH is 1. The van der Waals surface area contributed by atoms with Crippen LogP contribution in [0.5, 0.6) is 0 Å². The van der Waals surface area contributed by atoms with Gasteiger partial charge in [-0.05, 0) is 56.0 Å². The molecule has 1 fully saturated rings. The van der Waals surface area contributed by atoms with Crippen LogP contribution in [-0.2, 0) is 6.42 Å². The van der Waals surface area contributed by atoms with Gasteiger partial charge in [0.25, 0.3) is 0 Å². The van der Waals surface area contributed by atoms with Gasteiger partial charge in [0.05, 0.1) is 29.7 Å². The van der Waals surface area contributed by atoms with E-state index in [0.717, 1.165) is 54.2 Å². The van der Waals surface area contributed by atoms with E-state index in [0.29, 0.717) is 12.0 Å². The predicted molar refractivity (Wildman–Crippen MR) is 104 cm³/mol. The second-order valence-electron chi connectivity index (χ2n) is 7.51. The summed E-state index contributed by atoms with van der Waals surface area (Å²) in [6.45, 7) is 0.0531. The molecular weight excluding hydrogens is 357 g/mol. The molecule has 6 nitrogen and oxygen atoms in total. The van der Waals surface area contributed by atoms with Gasteiger partial charge in [0, 0.05) is 24.2 Å². The first-order valence-electron chi connectivity index (χ1n) is 9.81. The Morgan fingerprint density at radius 3 is 2.64 bits per heavy atom. The summed E-state index contributed by atoms with van der Waals surface area (Å²) in [5.41, 5.74) is 3.22. The number of hydrogen-bond donors (Lipinski definition) is 2. The van der Waals surface area contributed by atoms with Gasteiger partial charge in [-0.25, -0.2) is 19.3 Å². The van der Waals surface area contributed by atoms with Gasteiger partial charge in [0.15, 0.2) is 0 Å². The summed E-state index contributed by atoms with van der Waals surface area (Å²) >= 11 is 0. The normalized spacial score (nSPS) is 18.7. The predicted octanol–water partition coefficient (Wildman–Crippen LogP) is 3.59. The number of nitrogens with one attached hydrogen (secondary N) is 1. The molecule has 2 aromatic heterocycles. The summed E-state index contributed by atoms with van der Waals surface area (Å²) < 4.78 is 15.5. The Labute approximate surface area is 162 Å². The third kappa shape index (κ3) is 2.96. The summed E-state index contributed by atoms with van der Waals surface area (Å²) in [7, 11) is 0. The Balaban J connectivity index is 1.63. The lowest BCUT2D eigenvalue weighted by Gasteiger charge is -2.26. The highest BCUT2D eigenvalue weighted by Gasteiger charge is 2.30. The van der Waals surface area contributed by atoms with Crippen LogP contribution in [-0.4, -0.2) is 37.3 Å². The highest BCUT2D eigenvalue weighted by atomic mass is 19.1. The maximum Gasteiger partial charge on any atom is 0.223 e. The Kier molecular flexibility index (Phi) is 4.31. The molecule has 1 saturated carbocycles. The van der Waals surface area contributed by atoms with E-state index in [1.165, 1.54) is 18.6 Å². The summed E-state index contributed by atoms with van der Waals surface area (Å²) in [6, 6.07) is 8.64. The lowest BCUT2D eigenvalue weighted by molar-refractivity contribution is 0.234. The Bertz CT molecular complexity index is 997. The van der Waals surface area contributed by atoms with Gasteiger partial charge < -0.3 is 15.0 Å². The van der Waals surface area contributed by atoms with E-state index in [-0.39, 0.29) is 18.5 Å². The maximum atomic E-state index is 13.4. The minimum atomic E-state index is -0.278. The highest BCUT2D eigenvalue weighted by molar-refractivity contribution is 5.78. The first kappa shape index (κ1) is 17.3. The van der Waals surface area contributed by atoms with Crippen LogP contribution in [0.25, 0.3) is 22.6 Å². The van der Waals surface area contributed by atoms with Crippen molar-refractivity contribution in [2.45, 2.75) is 44.2 Å². The van der Waals surface area contributed by atoms with Crippen molar-refractivity contribution in [3.8, 4) is 22.6 Å². The Morgan fingerprint density at radius 2 is 1.93 bits per heavy atom. The molecule has 1 aromatic carbocycles. The number of anilines is 1. The number of benzene rings is 1. The first-order chi connectivity index (χ1) is 13.7. The summed E-state index contributed by atoms with van der Waals surface area (Å²) in [5, 5.41) is 13.3. The molecule has 1 aliphatic carbocycles. The van der Waals surface area contributed by atoms with Crippen LogP contribution in [0.1, 0.15) is 37.5 Å². The highest BCUT2D eigenvalue weighted by Crippen LogP contribution is 2.39. The number of rotatable bonds is 5. The number of imidazole rings is 1. The van der Waals surface area contributed by atoms with Crippen LogP contribution >= 0.6 is 0 Å². The van der Waals surface area contributed by atoms with Crippen molar-refractivity contribution < 1.29 is 9.50 Å². The van der Waals surface area contributed by atoms with Gasteiger partial charge in [-0.2, -0.15) is 0 Å². The van der Waals surface area contributed by atoms with E-state index < -0.39 is 0 Å². The van der Waals surface area contributed by atoms with Crippen molar-refractivity contribution in [3.05, 3.63) is 48.2 Å². The molecule has 5 rings (SSSR count). The molecule has 0 amide bonds. The third-order valence-corrected chi connectivity index (χ3v) is 5.72. The van der Waals surface area contributed by atoms with Crippen molar-refractivity contribution in [1.82, 2.24) is 19.5 Å². The maximum absolute atomic E-state index is 13.4. The molecule has 0 unspecified atom stereocenters. The van der Waals surface area contributed by atoms with Gasteiger partial charge in [-0.1, -0.05) is 0 Å². The standard InChI is InChI=1S/C21H22FN5O/c22-14-6-4-13(5-7-14)19-20(27-16(12-28)8-9-18(27)26-19)17-10-11-23-21(25-17)24-15-2-1-3-15/h4-7,10-11,15-16,28H,1-3,8-9,12H2,(H,23,24,25)/t16-/m1/s1. The Hall–Kier alpha value is -2.80. The fraction of sp³-hybridized carbons (Fsp3) is 0.381. The summed E-state index contributed by atoms with van der Waals surface area (Å²) in [5.74, 6) is 1.26. The van der Waals surface area contributed by atoms with Crippen molar-refractivity contribution in [1.29, 1.82) is 0 Å². The number of aromatic nitrogens is 4. The molecular formula is C21H22FN5O. The van der Waals surface area contributed by atoms with E-state index in [4.69, 9.17) is 9.97 Å². The number of fused-ring (bicyclic) bond motifs is 1. The van der Waals surface area contributed by atoms with Gasteiger partial charge >= 0.3 is 0 Å². The average molecular weight is 379 g/mol. The third-order valence-electron chi connectivity index (χ3n) is 5.72. The molecule has 144 valence electrons. The van der Waals surface area contributed by atoms with Crippen LogP contribution in [0.3, 0.4) is 0 Å². The largest absolute Gasteiger partial charge is 0.394 e. The summed E-state index contributed by atoms with van der Waals surface area (Å²) in [4.78, 5) is 13.9. The lowest BCUT2D eigenvalue weighted by Crippen LogP contribution is -2.28. The zero-order valence-corrected chi connectivity index (χ0v) is 15.5. The number of nitrogens with zero attached hydrogens (tertiary/aromatic N) is 4. The average Bonchev–Trinajstić information content (AvgIpc) is 3.24. The quantitative estimate of drug-likeness (QED) is 0.709. The molecule has 2 N–H and O–H groups in total. The van der Waals surface area contributed by atoms with Gasteiger partial charge in [0.2, 0.25) is 5.95 Å². The van der Waals surface area contributed by atoms with Crippen LogP contribution in [0.2, 0.25) is 0 Å². The molecule has 2 aliphatic rings. The number of aliphatic hydroxyl groups is 1. The zero-order valence-electron chi connectivity index (χ0n) is 15.5. The topological polar surface area (TPSA) is 75.9 Å². The lowest BCUT2D eigenvalue weighted by atomic mass is 9.93. The molecule has 1 atom stereocenters. The van der Waals surface area contributed by atoms with Gasteiger partial charge in [0.1, 0.15) is 11.6 Å². The molecule has 3 heterocycles. The summed E-state index contributed by atoms with van der Waals surface area (Å²) in [6.07, 6.45) is 6.93. The molecule has 0 radical (unpaired) electrons. The molecule has 7 heteroatoms. The van der Waals surface area contributed by atoms with E-state index in [1.807, 2.05) is 6.07 Å². The molecule has 1 aliphatic heterocycles. The van der Waals surface area contributed by atoms with Crippen LogP contribution in [0.15, 0.2) is 36.5 Å². The monoisotopic (exact) mass is 379 g/mol. The van der Waals surface area contributed by atoms with Crippen LogP contribution in [0.4, 0.5) is 10.3 Å².